The number of guanidine groups is 1. The van der Waals surface area contributed by atoms with Gasteiger partial charge in [0.25, 0.3) is 0 Å². The van der Waals surface area contributed by atoms with Gasteiger partial charge >= 0.3 is 6.18 Å². The van der Waals surface area contributed by atoms with Crippen molar-refractivity contribution >= 4 is 5.96 Å². The van der Waals surface area contributed by atoms with Crippen LogP contribution in [0.1, 0.15) is 16.8 Å². The van der Waals surface area contributed by atoms with Gasteiger partial charge in [-0.1, -0.05) is 12.1 Å². The molecule has 2 rings (SSSR count). The lowest BCUT2D eigenvalue weighted by molar-refractivity contribution is -0.142. The first kappa shape index (κ1) is 18.8. The Morgan fingerprint density at radius 1 is 1.36 bits per heavy atom. The number of halogens is 4. The van der Waals surface area contributed by atoms with Crippen LogP contribution >= 0.6 is 0 Å². The highest BCUT2D eigenvalue weighted by atomic mass is 19.4. The minimum absolute atomic E-state index is 0.0234. The molecule has 9 heteroatoms. The lowest BCUT2D eigenvalue weighted by Crippen LogP contribution is -2.38. The van der Waals surface area contributed by atoms with Gasteiger partial charge in [-0.25, -0.2) is 4.39 Å². The van der Waals surface area contributed by atoms with Gasteiger partial charge < -0.3 is 10.2 Å². The Morgan fingerprint density at radius 3 is 2.68 bits per heavy atom. The monoisotopic (exact) mass is 357 g/mol. The highest BCUT2D eigenvalue weighted by Crippen LogP contribution is 2.30. The molecule has 0 saturated heterocycles. The highest BCUT2D eigenvalue weighted by Gasteiger charge is 2.36. The van der Waals surface area contributed by atoms with E-state index in [-0.39, 0.29) is 17.9 Å². The van der Waals surface area contributed by atoms with Gasteiger partial charge in [0.2, 0.25) is 0 Å². The molecule has 0 unspecified atom stereocenters. The fraction of sp³-hybridized carbons (Fsp3) is 0.375. The molecule has 0 spiro atoms. The summed E-state index contributed by atoms with van der Waals surface area (Å²) in [5.74, 6) is 0.0419. The first-order valence-electron chi connectivity index (χ1n) is 7.46. The van der Waals surface area contributed by atoms with Gasteiger partial charge in [0.05, 0.1) is 0 Å². The van der Waals surface area contributed by atoms with Gasteiger partial charge in [-0.3, -0.25) is 9.67 Å². The maximum Gasteiger partial charge on any atom is 0.435 e. The first-order chi connectivity index (χ1) is 11.7. The molecule has 0 aliphatic rings. The molecule has 0 atom stereocenters. The van der Waals surface area contributed by atoms with E-state index in [1.165, 1.54) is 32.4 Å². The third-order valence-electron chi connectivity index (χ3n) is 3.49. The predicted octanol–water partition coefficient (Wildman–Crippen LogP) is 2.79. The minimum Gasteiger partial charge on any atom is -0.352 e. The topological polar surface area (TPSA) is 45.5 Å². The summed E-state index contributed by atoms with van der Waals surface area (Å²) >= 11 is 0. The van der Waals surface area contributed by atoms with E-state index in [9.17, 15) is 17.6 Å². The average molecular weight is 357 g/mol. The van der Waals surface area contributed by atoms with E-state index in [2.05, 4.69) is 15.4 Å². The lowest BCUT2D eigenvalue weighted by atomic mass is 10.2. The van der Waals surface area contributed by atoms with Crippen LogP contribution in [-0.4, -0.2) is 34.7 Å². The first-order valence-corrected chi connectivity index (χ1v) is 7.46. The number of nitrogens with one attached hydrogen (secondary N) is 1. The molecule has 136 valence electrons. The third kappa shape index (κ3) is 4.94. The van der Waals surface area contributed by atoms with E-state index in [0.717, 1.165) is 10.2 Å². The van der Waals surface area contributed by atoms with E-state index in [4.69, 9.17) is 0 Å². The van der Waals surface area contributed by atoms with E-state index < -0.39 is 11.9 Å². The van der Waals surface area contributed by atoms with Crippen molar-refractivity contribution < 1.29 is 17.6 Å². The largest absolute Gasteiger partial charge is 0.435 e. The van der Waals surface area contributed by atoms with Gasteiger partial charge in [0.15, 0.2) is 11.7 Å². The molecule has 5 nitrogen and oxygen atoms in total. The number of aromatic nitrogens is 2. The molecular formula is C16H19F4N5. The summed E-state index contributed by atoms with van der Waals surface area (Å²) in [6, 6.07) is 6.10. The Kier molecular flexibility index (Phi) is 5.66. The molecule has 1 aromatic heterocycles. The van der Waals surface area contributed by atoms with E-state index in [1.807, 2.05) is 0 Å². The van der Waals surface area contributed by atoms with Crippen LogP contribution in [0.5, 0.6) is 0 Å². The van der Waals surface area contributed by atoms with Crippen molar-refractivity contribution in [3.63, 3.8) is 0 Å². The van der Waals surface area contributed by atoms with Gasteiger partial charge in [-0.15, -0.1) is 0 Å². The van der Waals surface area contributed by atoms with Crippen LogP contribution in [0, 0.1) is 5.82 Å². The molecule has 25 heavy (non-hydrogen) atoms. The van der Waals surface area contributed by atoms with E-state index in [1.54, 1.807) is 24.1 Å². The summed E-state index contributed by atoms with van der Waals surface area (Å²) in [5, 5.41) is 6.34. The van der Waals surface area contributed by atoms with Gasteiger partial charge in [0, 0.05) is 46.0 Å². The molecule has 0 fully saturated rings. The van der Waals surface area contributed by atoms with Gasteiger partial charge in [0.1, 0.15) is 5.82 Å². The summed E-state index contributed by atoms with van der Waals surface area (Å²) in [4.78, 5) is 5.74. The van der Waals surface area contributed by atoms with Crippen LogP contribution in [0.15, 0.2) is 35.5 Å². The fourth-order valence-electron chi connectivity index (χ4n) is 2.45. The van der Waals surface area contributed by atoms with Crippen LogP contribution < -0.4 is 5.32 Å². The number of aryl methyl sites for hydroxylation is 1. The lowest BCUT2D eigenvalue weighted by Gasteiger charge is -2.22. The van der Waals surface area contributed by atoms with Crippen molar-refractivity contribution in [1.29, 1.82) is 0 Å². The zero-order chi connectivity index (χ0) is 18.6. The summed E-state index contributed by atoms with van der Waals surface area (Å²) in [7, 11) is 4.68. The predicted molar refractivity (Wildman–Crippen MR) is 86.3 cm³/mol. The Bertz CT molecular complexity index is 751. The smallest absolute Gasteiger partial charge is 0.352 e. The van der Waals surface area contributed by atoms with Crippen LogP contribution in [-0.2, 0) is 26.3 Å². The van der Waals surface area contributed by atoms with Crippen molar-refractivity contribution in [3.8, 4) is 0 Å². The third-order valence-corrected chi connectivity index (χ3v) is 3.49. The SMILES string of the molecule is CN=C(NCc1cn(C)nc1C(F)(F)F)N(C)Cc1cccc(F)c1. The number of rotatable bonds is 4. The van der Waals surface area contributed by atoms with Gasteiger partial charge in [-0.2, -0.15) is 18.3 Å². The Morgan fingerprint density at radius 2 is 2.08 bits per heavy atom. The molecule has 0 bridgehead atoms. The Balaban J connectivity index is 2.06. The molecule has 1 heterocycles. The van der Waals surface area contributed by atoms with Crippen LogP contribution in [0.2, 0.25) is 0 Å². The maximum absolute atomic E-state index is 13.2. The number of nitrogens with zero attached hydrogens (tertiary/aromatic N) is 4. The van der Waals surface area contributed by atoms with Crippen LogP contribution in [0.3, 0.4) is 0 Å². The molecule has 0 amide bonds. The molecular weight excluding hydrogens is 338 g/mol. The van der Waals surface area contributed by atoms with Crippen LogP contribution in [0.4, 0.5) is 17.6 Å². The molecule has 1 aromatic carbocycles. The van der Waals surface area contributed by atoms with Crippen molar-refractivity contribution in [3.05, 3.63) is 53.1 Å². The molecule has 0 aliphatic carbocycles. The quantitative estimate of drug-likeness (QED) is 0.520. The molecule has 0 aliphatic heterocycles. The highest BCUT2D eigenvalue weighted by molar-refractivity contribution is 5.79. The number of benzene rings is 1. The van der Waals surface area contributed by atoms with Gasteiger partial charge in [-0.05, 0) is 17.7 Å². The molecule has 0 saturated carbocycles. The van der Waals surface area contributed by atoms with Crippen molar-refractivity contribution in [2.45, 2.75) is 19.3 Å². The van der Waals surface area contributed by atoms with Crippen molar-refractivity contribution in [2.75, 3.05) is 14.1 Å². The Hall–Kier alpha value is -2.58. The van der Waals surface area contributed by atoms with Crippen molar-refractivity contribution in [1.82, 2.24) is 20.0 Å². The fourth-order valence-corrected chi connectivity index (χ4v) is 2.45. The van der Waals surface area contributed by atoms with E-state index in [0.29, 0.717) is 12.5 Å². The van der Waals surface area contributed by atoms with Crippen molar-refractivity contribution in [2.24, 2.45) is 12.0 Å². The summed E-state index contributed by atoms with van der Waals surface area (Å²) in [6.45, 7) is 0.277. The second kappa shape index (κ2) is 7.54. The summed E-state index contributed by atoms with van der Waals surface area (Å²) in [6.07, 6.45) is -3.20. The zero-order valence-corrected chi connectivity index (χ0v) is 14.1. The summed E-state index contributed by atoms with van der Waals surface area (Å²) in [5.41, 5.74) is -0.177. The normalized spacial score (nSPS) is 12.4. The van der Waals surface area contributed by atoms with E-state index >= 15 is 0 Å². The maximum atomic E-state index is 13.2. The second-order valence-electron chi connectivity index (χ2n) is 5.56. The molecule has 1 N–H and O–H groups in total. The number of hydrogen-bond donors (Lipinski definition) is 1. The molecule has 2 aromatic rings. The molecule has 0 radical (unpaired) electrons. The number of aliphatic imine (C=N–C) groups is 1. The minimum atomic E-state index is -4.52. The zero-order valence-electron chi connectivity index (χ0n) is 14.1. The second-order valence-corrected chi connectivity index (χ2v) is 5.56. The summed E-state index contributed by atoms with van der Waals surface area (Å²) < 4.78 is 53.3. The average Bonchev–Trinajstić information content (AvgIpc) is 2.89. The number of alkyl halides is 3. The Labute approximate surface area is 143 Å². The standard InChI is InChI=1S/C16H19F4N5/c1-21-15(24(2)9-11-5-4-6-13(17)7-11)22-8-12-10-25(3)23-14(12)16(18,19)20/h4-7,10H,8-9H2,1-3H3,(H,21,22). The number of hydrogen-bond acceptors (Lipinski definition) is 2. The van der Waals surface area contributed by atoms with Crippen LogP contribution in [0.25, 0.3) is 0 Å².